The minimum atomic E-state index is -0.387. The molecule has 0 aliphatic carbocycles. The molecule has 8 nitrogen and oxygen atoms in total. The molecule has 0 aliphatic rings. The molecular weight excluding hydrogens is 404 g/mol. The van der Waals surface area contributed by atoms with E-state index in [1.54, 1.807) is 19.2 Å². The molecule has 2 heterocycles. The molecule has 10 heteroatoms. The largest absolute Gasteiger partial charge is 0.496 e. The first-order valence-electron chi connectivity index (χ1n) is 8.04. The first-order valence-corrected chi connectivity index (χ1v) is 9.23. The van der Waals surface area contributed by atoms with Crippen LogP contribution < -0.4 is 19.5 Å². The molecule has 0 bridgehead atoms. The Morgan fingerprint density at radius 3 is 2.43 bits per heavy atom. The fourth-order valence-corrected chi connectivity index (χ4v) is 3.33. The second-order valence-electron chi connectivity index (χ2n) is 5.61. The molecule has 0 fully saturated rings. The van der Waals surface area contributed by atoms with Crippen LogP contribution in [-0.4, -0.2) is 42.4 Å². The molecule has 1 amide bonds. The summed E-state index contributed by atoms with van der Waals surface area (Å²) in [5.74, 6) is 0.672. The average molecular weight is 421 g/mol. The maximum atomic E-state index is 13.0. The zero-order chi connectivity index (χ0) is 20.3. The highest BCUT2D eigenvalue weighted by molar-refractivity contribution is 7.17. The fourth-order valence-electron chi connectivity index (χ4n) is 2.62. The van der Waals surface area contributed by atoms with E-state index in [2.05, 4.69) is 20.5 Å². The summed E-state index contributed by atoms with van der Waals surface area (Å²) in [6.45, 7) is 1.88. The minimum Gasteiger partial charge on any atom is -0.496 e. The van der Waals surface area contributed by atoms with E-state index in [-0.39, 0.29) is 11.1 Å². The number of nitrogens with one attached hydrogen (secondary N) is 1. The number of pyridine rings is 1. The molecule has 146 valence electrons. The summed E-state index contributed by atoms with van der Waals surface area (Å²) in [6.07, 6.45) is 1.51. The molecule has 0 aliphatic heterocycles. The number of aromatic nitrogens is 3. The Hall–Kier alpha value is -2.91. The van der Waals surface area contributed by atoms with Crippen LogP contribution in [0, 0.1) is 6.92 Å². The lowest BCUT2D eigenvalue weighted by molar-refractivity contribution is 0.102. The number of carbonyl (C=O) groups is 1. The fraction of sp³-hybridized carbons (Fsp3) is 0.222. The first-order chi connectivity index (χ1) is 13.5. The van der Waals surface area contributed by atoms with Crippen molar-refractivity contribution in [2.24, 2.45) is 0 Å². The summed E-state index contributed by atoms with van der Waals surface area (Å²) >= 11 is 7.20. The van der Waals surface area contributed by atoms with Crippen LogP contribution in [-0.2, 0) is 0 Å². The van der Waals surface area contributed by atoms with Crippen LogP contribution in [0.1, 0.15) is 15.9 Å². The van der Waals surface area contributed by atoms with Crippen molar-refractivity contribution >= 4 is 34.0 Å². The zero-order valence-electron chi connectivity index (χ0n) is 15.6. The highest BCUT2D eigenvalue weighted by Crippen LogP contribution is 2.37. The lowest BCUT2D eigenvalue weighted by Crippen LogP contribution is -2.14. The third-order valence-corrected chi connectivity index (χ3v) is 4.93. The number of nitrogens with zero attached hydrogens (tertiary/aromatic N) is 3. The Bertz CT molecular complexity index is 1020. The molecule has 3 aromatic rings. The number of amides is 1. The molecule has 2 aromatic heterocycles. The zero-order valence-corrected chi connectivity index (χ0v) is 17.1. The Morgan fingerprint density at radius 2 is 1.79 bits per heavy atom. The number of aryl methyl sites for hydroxylation is 1. The quantitative estimate of drug-likeness (QED) is 0.605. The number of anilines is 1. The molecule has 0 radical (unpaired) electrons. The van der Waals surface area contributed by atoms with Gasteiger partial charge in [-0.2, -0.15) is 0 Å². The van der Waals surface area contributed by atoms with Gasteiger partial charge in [0.25, 0.3) is 11.1 Å². The van der Waals surface area contributed by atoms with Crippen molar-refractivity contribution in [3.8, 4) is 27.8 Å². The van der Waals surface area contributed by atoms with Gasteiger partial charge in [0.05, 0.1) is 33.1 Å². The van der Waals surface area contributed by atoms with Gasteiger partial charge in [-0.25, -0.2) is 4.98 Å². The summed E-state index contributed by atoms with van der Waals surface area (Å²) in [4.78, 5) is 17.0. The Balaban J connectivity index is 2.11. The molecule has 0 saturated carbocycles. The first kappa shape index (κ1) is 19.8. The van der Waals surface area contributed by atoms with Crippen molar-refractivity contribution in [3.05, 3.63) is 40.7 Å². The van der Waals surface area contributed by atoms with Crippen molar-refractivity contribution < 1.29 is 19.0 Å². The van der Waals surface area contributed by atoms with E-state index in [0.29, 0.717) is 38.5 Å². The van der Waals surface area contributed by atoms with Crippen molar-refractivity contribution in [1.82, 2.24) is 15.2 Å². The van der Waals surface area contributed by atoms with Gasteiger partial charge in [-0.3, -0.25) is 10.1 Å². The predicted octanol–water partition coefficient (Wildman–Crippen LogP) is 3.84. The van der Waals surface area contributed by atoms with Crippen LogP contribution in [0.15, 0.2) is 24.4 Å². The van der Waals surface area contributed by atoms with Gasteiger partial charge in [0, 0.05) is 5.56 Å². The van der Waals surface area contributed by atoms with E-state index >= 15 is 0 Å². The highest BCUT2D eigenvalue weighted by Gasteiger charge is 2.21. The number of benzene rings is 1. The molecule has 0 unspecified atom stereocenters. The summed E-state index contributed by atoms with van der Waals surface area (Å²) in [5, 5.41) is 11.4. The molecule has 1 N–H and O–H groups in total. The molecular formula is C18H17ClN4O4S. The molecule has 3 rings (SSSR count). The van der Waals surface area contributed by atoms with Crippen LogP contribution in [0.5, 0.6) is 16.7 Å². The van der Waals surface area contributed by atoms with Crippen molar-refractivity contribution in [1.29, 1.82) is 0 Å². The lowest BCUT2D eigenvalue weighted by atomic mass is 9.96. The molecule has 28 heavy (non-hydrogen) atoms. The van der Waals surface area contributed by atoms with Crippen LogP contribution in [0.2, 0.25) is 5.15 Å². The standard InChI is InChI=1S/C18H17ClN4O4S/c1-9-5-10(11-7-15(19)20-8-14(11)26-3)12(6-13(9)25-2)16(24)21-17-22-23-18(27-4)28-17/h5-8H,1-4H3,(H,21,22,24). The Labute approximate surface area is 170 Å². The van der Waals surface area contributed by atoms with Gasteiger partial charge < -0.3 is 14.2 Å². The van der Waals surface area contributed by atoms with Crippen LogP contribution in [0.3, 0.4) is 0 Å². The van der Waals surface area contributed by atoms with Gasteiger partial charge in [0.15, 0.2) is 0 Å². The molecule has 0 spiro atoms. The van der Waals surface area contributed by atoms with Crippen LogP contribution in [0.4, 0.5) is 5.13 Å². The Morgan fingerprint density at radius 1 is 1.04 bits per heavy atom. The smallest absolute Gasteiger partial charge is 0.295 e. The number of halogens is 1. The maximum Gasteiger partial charge on any atom is 0.295 e. The SMILES string of the molecule is COc1nnc(NC(=O)c2cc(OC)c(C)cc2-c2cc(Cl)ncc2OC)s1. The number of rotatable bonds is 6. The molecule has 0 atom stereocenters. The van der Waals surface area contributed by atoms with E-state index in [4.69, 9.17) is 25.8 Å². The minimum absolute atomic E-state index is 0.282. The maximum absolute atomic E-state index is 13.0. The Kier molecular flexibility index (Phi) is 5.96. The van der Waals surface area contributed by atoms with Gasteiger partial charge in [-0.1, -0.05) is 16.7 Å². The van der Waals surface area contributed by atoms with E-state index in [0.717, 1.165) is 16.9 Å². The van der Waals surface area contributed by atoms with Crippen LogP contribution in [0.25, 0.3) is 11.1 Å². The highest BCUT2D eigenvalue weighted by atomic mass is 35.5. The topological polar surface area (TPSA) is 95.5 Å². The number of carbonyl (C=O) groups excluding carboxylic acids is 1. The van der Waals surface area contributed by atoms with E-state index < -0.39 is 0 Å². The summed E-state index contributed by atoms with van der Waals surface area (Å²) in [7, 11) is 4.55. The van der Waals surface area contributed by atoms with Crippen molar-refractivity contribution in [2.75, 3.05) is 26.6 Å². The summed E-state index contributed by atoms with van der Waals surface area (Å²) in [5.41, 5.74) is 2.46. The second-order valence-corrected chi connectivity index (χ2v) is 6.93. The van der Waals surface area contributed by atoms with Gasteiger partial charge in [0.2, 0.25) is 5.13 Å². The van der Waals surface area contributed by atoms with Gasteiger partial charge in [0.1, 0.15) is 16.7 Å². The molecule has 0 saturated heterocycles. The second kappa shape index (κ2) is 8.41. The van der Waals surface area contributed by atoms with Gasteiger partial charge in [-0.15, -0.1) is 5.10 Å². The van der Waals surface area contributed by atoms with Gasteiger partial charge in [-0.05, 0) is 47.6 Å². The van der Waals surface area contributed by atoms with E-state index in [1.807, 2.05) is 13.0 Å². The summed E-state index contributed by atoms with van der Waals surface area (Å²) in [6, 6.07) is 5.14. The normalized spacial score (nSPS) is 10.5. The van der Waals surface area contributed by atoms with Crippen molar-refractivity contribution in [3.63, 3.8) is 0 Å². The number of hydrogen-bond acceptors (Lipinski definition) is 8. The van der Waals surface area contributed by atoms with Crippen LogP contribution >= 0.6 is 22.9 Å². The molecule has 1 aromatic carbocycles. The third kappa shape index (κ3) is 4.00. The number of methoxy groups -OCH3 is 3. The number of ether oxygens (including phenoxy) is 3. The lowest BCUT2D eigenvalue weighted by Gasteiger charge is -2.16. The monoisotopic (exact) mass is 420 g/mol. The van der Waals surface area contributed by atoms with E-state index in [9.17, 15) is 4.79 Å². The van der Waals surface area contributed by atoms with Gasteiger partial charge >= 0.3 is 0 Å². The summed E-state index contributed by atoms with van der Waals surface area (Å²) < 4.78 is 15.8. The van der Waals surface area contributed by atoms with Crippen molar-refractivity contribution in [2.45, 2.75) is 6.92 Å². The van der Waals surface area contributed by atoms with E-state index in [1.165, 1.54) is 20.4 Å². The average Bonchev–Trinajstić information content (AvgIpc) is 3.15. The predicted molar refractivity (Wildman–Crippen MR) is 107 cm³/mol. The number of hydrogen-bond donors (Lipinski definition) is 1. The third-order valence-electron chi connectivity index (χ3n) is 3.93.